The van der Waals surface area contributed by atoms with E-state index in [0.717, 1.165) is 22.0 Å². The van der Waals surface area contributed by atoms with E-state index in [1.165, 1.54) is 0 Å². The molecule has 0 saturated carbocycles. The van der Waals surface area contributed by atoms with Crippen LogP contribution in [-0.2, 0) is 11.2 Å². The Morgan fingerprint density at radius 1 is 1.30 bits per heavy atom. The van der Waals surface area contributed by atoms with Crippen molar-refractivity contribution in [1.29, 1.82) is 0 Å². The number of amides is 3. The summed E-state index contributed by atoms with van der Waals surface area (Å²) in [4.78, 5) is 25.5. The average Bonchev–Trinajstić information content (AvgIpc) is 2.96. The fourth-order valence-electron chi connectivity index (χ4n) is 2.14. The first-order valence-corrected chi connectivity index (χ1v) is 6.91. The first-order chi connectivity index (χ1) is 9.66. The summed E-state index contributed by atoms with van der Waals surface area (Å²) in [7, 11) is 0. The van der Waals surface area contributed by atoms with Crippen molar-refractivity contribution in [3.8, 4) is 0 Å². The van der Waals surface area contributed by atoms with E-state index in [1.54, 1.807) is 6.92 Å². The molecule has 2 aromatic rings. The Labute approximate surface area is 119 Å². The summed E-state index contributed by atoms with van der Waals surface area (Å²) in [6.45, 7) is 1.73. The molecule has 102 valence electrons. The van der Waals surface area contributed by atoms with Crippen LogP contribution >= 0.6 is 11.5 Å². The molecule has 20 heavy (non-hydrogen) atoms. The van der Waals surface area contributed by atoms with Crippen molar-refractivity contribution in [2.24, 2.45) is 0 Å². The van der Waals surface area contributed by atoms with Crippen LogP contribution in [-0.4, -0.2) is 27.6 Å². The summed E-state index contributed by atoms with van der Waals surface area (Å²) in [5, 5.41) is 7.03. The van der Waals surface area contributed by atoms with E-state index in [-0.39, 0.29) is 5.91 Å². The predicted octanol–water partition coefficient (Wildman–Crippen LogP) is 1.51. The van der Waals surface area contributed by atoms with E-state index in [2.05, 4.69) is 14.9 Å². The molecule has 1 N–H and O–H groups in total. The highest BCUT2D eigenvalue weighted by atomic mass is 32.1. The van der Waals surface area contributed by atoms with Crippen molar-refractivity contribution in [2.75, 3.05) is 4.90 Å². The van der Waals surface area contributed by atoms with Crippen LogP contribution in [0.3, 0.4) is 0 Å². The van der Waals surface area contributed by atoms with Crippen molar-refractivity contribution in [1.82, 2.24) is 14.9 Å². The maximum atomic E-state index is 12.4. The summed E-state index contributed by atoms with van der Waals surface area (Å²) < 4.78 is 3.76. The third-order valence-electron chi connectivity index (χ3n) is 3.13. The fourth-order valence-corrected chi connectivity index (χ4v) is 2.81. The molecule has 1 aliphatic rings. The van der Waals surface area contributed by atoms with Gasteiger partial charge in [-0.1, -0.05) is 34.8 Å². The Hall–Kier alpha value is -2.28. The van der Waals surface area contributed by atoms with Gasteiger partial charge in [0.05, 0.1) is 5.69 Å². The highest BCUT2D eigenvalue weighted by molar-refractivity contribution is 7.10. The number of carbonyl (C=O) groups excluding carboxylic acids is 2. The number of urea groups is 1. The number of hydrogen-bond donors (Lipinski definition) is 1. The zero-order valence-corrected chi connectivity index (χ0v) is 11.6. The van der Waals surface area contributed by atoms with Crippen molar-refractivity contribution in [2.45, 2.75) is 19.4 Å². The van der Waals surface area contributed by atoms with E-state index in [0.29, 0.717) is 17.1 Å². The third kappa shape index (κ3) is 2.16. The minimum atomic E-state index is -0.536. The topological polar surface area (TPSA) is 75.2 Å². The van der Waals surface area contributed by atoms with Crippen LogP contribution in [0.5, 0.6) is 0 Å². The smallest absolute Gasteiger partial charge is 0.325 e. The SMILES string of the molecule is Cc1nnsc1N1C(=O)NC(Cc2ccccc2)C1=O. The highest BCUT2D eigenvalue weighted by Crippen LogP contribution is 2.26. The molecule has 2 heterocycles. The normalized spacial score (nSPS) is 18.4. The van der Waals surface area contributed by atoms with Crippen molar-refractivity contribution in [3.63, 3.8) is 0 Å². The van der Waals surface area contributed by atoms with Gasteiger partial charge in [0.15, 0.2) is 5.00 Å². The number of imide groups is 1. The molecule has 0 bridgehead atoms. The molecule has 1 aromatic heterocycles. The maximum absolute atomic E-state index is 12.4. The molecule has 1 fully saturated rings. The second-order valence-corrected chi connectivity index (χ2v) is 5.26. The number of nitrogens with zero attached hydrogens (tertiary/aromatic N) is 3. The first kappa shape index (κ1) is 12.7. The van der Waals surface area contributed by atoms with Gasteiger partial charge in [-0.05, 0) is 12.5 Å². The predicted molar refractivity (Wildman–Crippen MR) is 74.6 cm³/mol. The zero-order valence-electron chi connectivity index (χ0n) is 10.7. The summed E-state index contributed by atoms with van der Waals surface area (Å²) in [5.41, 5.74) is 1.59. The Bertz CT molecular complexity index is 655. The molecule has 0 spiro atoms. The van der Waals surface area contributed by atoms with E-state index in [9.17, 15) is 9.59 Å². The standard InChI is InChI=1S/C13H12N4O2S/c1-8-12(20-16-15-8)17-11(18)10(14-13(17)19)7-9-5-3-2-4-6-9/h2-6,10H,7H2,1H3,(H,14,19). The van der Waals surface area contributed by atoms with Crippen LogP contribution in [0.1, 0.15) is 11.3 Å². The molecule has 0 radical (unpaired) electrons. The summed E-state index contributed by atoms with van der Waals surface area (Å²) in [6, 6.07) is 8.65. The number of benzene rings is 1. The van der Waals surface area contributed by atoms with Crippen LogP contribution in [0, 0.1) is 6.92 Å². The van der Waals surface area contributed by atoms with Gasteiger partial charge in [-0.25, -0.2) is 9.69 Å². The Balaban J connectivity index is 1.82. The van der Waals surface area contributed by atoms with Gasteiger partial charge in [-0.15, -0.1) is 5.10 Å². The Morgan fingerprint density at radius 2 is 2.05 bits per heavy atom. The lowest BCUT2D eigenvalue weighted by atomic mass is 10.1. The Kier molecular flexibility index (Phi) is 3.19. The molecule has 6 nitrogen and oxygen atoms in total. The molecule has 0 aliphatic carbocycles. The molecule has 1 atom stereocenters. The number of aryl methyl sites for hydroxylation is 1. The lowest BCUT2D eigenvalue weighted by molar-refractivity contribution is -0.118. The molecular weight excluding hydrogens is 276 g/mol. The quantitative estimate of drug-likeness (QED) is 0.869. The number of rotatable bonds is 3. The van der Waals surface area contributed by atoms with Crippen LogP contribution in [0.15, 0.2) is 30.3 Å². The molecule has 1 unspecified atom stereocenters. The molecule has 3 amide bonds. The molecule has 1 saturated heterocycles. The number of aromatic nitrogens is 2. The van der Waals surface area contributed by atoms with E-state index >= 15 is 0 Å². The van der Waals surface area contributed by atoms with Crippen LogP contribution < -0.4 is 10.2 Å². The van der Waals surface area contributed by atoms with Gasteiger partial charge in [0.1, 0.15) is 6.04 Å². The van der Waals surface area contributed by atoms with Gasteiger partial charge in [-0.3, -0.25) is 4.79 Å². The number of nitrogens with one attached hydrogen (secondary N) is 1. The molecule has 1 aromatic carbocycles. The summed E-state index contributed by atoms with van der Waals surface area (Å²) >= 11 is 1.05. The number of anilines is 1. The van der Waals surface area contributed by atoms with Crippen LogP contribution in [0.4, 0.5) is 9.80 Å². The second-order valence-electron chi connectivity index (χ2n) is 4.53. The molecule has 3 rings (SSSR count). The third-order valence-corrected chi connectivity index (χ3v) is 3.95. The van der Waals surface area contributed by atoms with E-state index in [4.69, 9.17) is 0 Å². The van der Waals surface area contributed by atoms with Crippen molar-refractivity contribution >= 4 is 28.5 Å². The monoisotopic (exact) mass is 288 g/mol. The van der Waals surface area contributed by atoms with Crippen LogP contribution in [0.2, 0.25) is 0 Å². The van der Waals surface area contributed by atoms with Crippen molar-refractivity contribution < 1.29 is 9.59 Å². The Morgan fingerprint density at radius 3 is 2.70 bits per heavy atom. The minimum absolute atomic E-state index is 0.256. The van der Waals surface area contributed by atoms with Gasteiger partial charge in [-0.2, -0.15) is 0 Å². The lowest BCUT2D eigenvalue weighted by Crippen LogP contribution is -2.32. The van der Waals surface area contributed by atoms with Gasteiger partial charge in [0, 0.05) is 18.0 Å². The second kappa shape index (κ2) is 5.01. The molecular formula is C13H12N4O2S. The number of carbonyl (C=O) groups is 2. The van der Waals surface area contributed by atoms with Gasteiger partial charge in [0.25, 0.3) is 5.91 Å². The first-order valence-electron chi connectivity index (χ1n) is 6.14. The van der Waals surface area contributed by atoms with Gasteiger partial charge >= 0.3 is 6.03 Å². The molecule has 7 heteroatoms. The highest BCUT2D eigenvalue weighted by Gasteiger charge is 2.40. The zero-order chi connectivity index (χ0) is 14.1. The summed E-state index contributed by atoms with van der Waals surface area (Å²) in [6.07, 6.45) is 0.479. The van der Waals surface area contributed by atoms with E-state index in [1.807, 2.05) is 30.3 Å². The largest absolute Gasteiger partial charge is 0.330 e. The van der Waals surface area contributed by atoms with Crippen molar-refractivity contribution in [3.05, 3.63) is 41.6 Å². The summed E-state index contributed by atoms with van der Waals surface area (Å²) in [5.74, 6) is -0.256. The minimum Gasteiger partial charge on any atom is -0.325 e. The van der Waals surface area contributed by atoms with Crippen LogP contribution in [0.25, 0.3) is 0 Å². The molecule has 1 aliphatic heterocycles. The maximum Gasteiger partial charge on any atom is 0.330 e. The fraction of sp³-hybridized carbons (Fsp3) is 0.231. The lowest BCUT2D eigenvalue weighted by Gasteiger charge is -2.10. The van der Waals surface area contributed by atoms with E-state index < -0.39 is 12.1 Å². The van der Waals surface area contributed by atoms with Gasteiger partial charge < -0.3 is 5.32 Å². The van der Waals surface area contributed by atoms with Gasteiger partial charge in [0.2, 0.25) is 0 Å². The average molecular weight is 288 g/mol. The number of hydrogen-bond acceptors (Lipinski definition) is 5.